The SMILES string of the molecule is CC(C#N)=CC=C(c1ccc(N(C)C)cc1)c1ccc(N(C)C)cc1. The second-order valence-corrected chi connectivity index (χ2v) is 6.42. The molecule has 2 aromatic carbocycles. The van der Waals surface area contributed by atoms with Crippen LogP contribution in [-0.4, -0.2) is 28.2 Å². The van der Waals surface area contributed by atoms with Crippen LogP contribution in [0.5, 0.6) is 0 Å². The summed E-state index contributed by atoms with van der Waals surface area (Å²) in [5, 5.41) is 9.03. The van der Waals surface area contributed by atoms with Gasteiger partial charge < -0.3 is 9.80 Å². The topological polar surface area (TPSA) is 30.3 Å². The van der Waals surface area contributed by atoms with Crippen molar-refractivity contribution >= 4 is 16.9 Å². The molecule has 3 heteroatoms. The van der Waals surface area contributed by atoms with Crippen LogP contribution in [0.3, 0.4) is 0 Å². The number of hydrogen-bond acceptors (Lipinski definition) is 3. The molecule has 0 saturated carbocycles. The van der Waals surface area contributed by atoms with E-state index >= 15 is 0 Å². The van der Waals surface area contributed by atoms with Gasteiger partial charge in [-0.15, -0.1) is 0 Å². The Balaban J connectivity index is 2.48. The van der Waals surface area contributed by atoms with Gasteiger partial charge in [0.05, 0.1) is 6.07 Å². The highest BCUT2D eigenvalue weighted by molar-refractivity contribution is 5.82. The van der Waals surface area contributed by atoms with Crippen molar-refractivity contribution in [1.29, 1.82) is 5.26 Å². The first kappa shape index (κ1) is 18.4. The molecule has 0 amide bonds. The molecule has 0 aromatic heterocycles. The van der Waals surface area contributed by atoms with Crippen molar-refractivity contribution in [1.82, 2.24) is 0 Å². The maximum atomic E-state index is 9.03. The Morgan fingerprint density at radius 3 is 1.48 bits per heavy atom. The molecule has 0 fully saturated rings. The zero-order valence-corrected chi connectivity index (χ0v) is 15.6. The lowest BCUT2D eigenvalue weighted by atomic mass is 9.96. The van der Waals surface area contributed by atoms with Crippen LogP contribution in [0.1, 0.15) is 18.1 Å². The van der Waals surface area contributed by atoms with Gasteiger partial charge in [0.15, 0.2) is 0 Å². The minimum Gasteiger partial charge on any atom is -0.378 e. The Bertz CT molecular complexity index is 748. The number of allylic oxidation sites excluding steroid dienone is 3. The summed E-state index contributed by atoms with van der Waals surface area (Å²) < 4.78 is 0. The lowest BCUT2D eigenvalue weighted by Crippen LogP contribution is -2.08. The van der Waals surface area contributed by atoms with Crippen LogP contribution >= 0.6 is 0 Å². The molecule has 0 saturated heterocycles. The largest absolute Gasteiger partial charge is 0.378 e. The van der Waals surface area contributed by atoms with Crippen LogP contribution in [0.4, 0.5) is 11.4 Å². The monoisotopic (exact) mass is 331 g/mol. The standard InChI is InChI=1S/C22H25N3/c1-17(16-23)6-15-22(18-7-11-20(12-8-18)24(2)3)19-9-13-21(14-10-19)25(4)5/h6-15H,1-5H3. The van der Waals surface area contributed by atoms with E-state index in [0.717, 1.165) is 28.1 Å². The fourth-order valence-electron chi connectivity index (χ4n) is 2.48. The molecule has 0 aliphatic heterocycles. The highest BCUT2D eigenvalue weighted by atomic mass is 15.1. The van der Waals surface area contributed by atoms with Gasteiger partial charge in [0.25, 0.3) is 0 Å². The Morgan fingerprint density at radius 1 is 0.760 bits per heavy atom. The molecule has 0 N–H and O–H groups in total. The van der Waals surface area contributed by atoms with Gasteiger partial charge in [0, 0.05) is 45.1 Å². The quantitative estimate of drug-likeness (QED) is 0.586. The molecule has 2 aromatic rings. The first-order valence-corrected chi connectivity index (χ1v) is 8.26. The van der Waals surface area contributed by atoms with E-state index in [9.17, 15) is 0 Å². The summed E-state index contributed by atoms with van der Waals surface area (Å²) in [6, 6.07) is 19.1. The van der Waals surface area contributed by atoms with Crippen LogP contribution in [0.25, 0.3) is 5.57 Å². The minimum atomic E-state index is 0.687. The summed E-state index contributed by atoms with van der Waals surface area (Å²) in [6.07, 6.45) is 3.89. The zero-order valence-electron chi connectivity index (χ0n) is 15.6. The first-order valence-electron chi connectivity index (χ1n) is 8.26. The molecular formula is C22H25N3. The van der Waals surface area contributed by atoms with Gasteiger partial charge in [-0.1, -0.05) is 30.3 Å². The second-order valence-electron chi connectivity index (χ2n) is 6.42. The third kappa shape index (κ3) is 4.74. The summed E-state index contributed by atoms with van der Waals surface area (Å²) in [4.78, 5) is 4.16. The van der Waals surface area contributed by atoms with Crippen molar-refractivity contribution in [3.05, 3.63) is 77.4 Å². The number of benzene rings is 2. The van der Waals surface area contributed by atoms with Crippen LogP contribution in [0.2, 0.25) is 0 Å². The molecule has 128 valence electrons. The molecule has 3 nitrogen and oxygen atoms in total. The Morgan fingerprint density at radius 2 is 1.16 bits per heavy atom. The van der Waals surface area contributed by atoms with Crippen LogP contribution < -0.4 is 9.80 Å². The number of nitriles is 1. The number of anilines is 2. The van der Waals surface area contributed by atoms with E-state index in [4.69, 9.17) is 5.26 Å². The van der Waals surface area contributed by atoms with E-state index in [0.29, 0.717) is 5.57 Å². The van der Waals surface area contributed by atoms with E-state index in [-0.39, 0.29) is 0 Å². The van der Waals surface area contributed by atoms with E-state index in [1.54, 1.807) is 0 Å². The lowest BCUT2D eigenvalue weighted by Gasteiger charge is -2.16. The predicted molar refractivity (Wildman–Crippen MR) is 108 cm³/mol. The lowest BCUT2D eigenvalue weighted by molar-refractivity contribution is 1.13. The summed E-state index contributed by atoms with van der Waals surface area (Å²) >= 11 is 0. The van der Waals surface area contributed by atoms with Crippen molar-refractivity contribution in [3.8, 4) is 6.07 Å². The predicted octanol–water partition coefficient (Wildman–Crippen LogP) is 4.72. The first-order chi connectivity index (χ1) is 11.9. The van der Waals surface area contributed by atoms with Gasteiger partial charge in [-0.3, -0.25) is 0 Å². The van der Waals surface area contributed by atoms with E-state index in [2.05, 4.69) is 64.4 Å². The highest BCUT2D eigenvalue weighted by Gasteiger charge is 2.06. The Kier molecular flexibility index (Phi) is 6.03. The van der Waals surface area contributed by atoms with Crippen molar-refractivity contribution in [2.75, 3.05) is 38.0 Å². The third-order valence-corrected chi connectivity index (χ3v) is 4.07. The number of rotatable bonds is 5. The fraction of sp³-hybridized carbons (Fsp3) is 0.227. The molecule has 2 rings (SSSR count). The van der Waals surface area contributed by atoms with Crippen LogP contribution in [0, 0.1) is 11.3 Å². The molecule has 0 heterocycles. The molecule has 0 aliphatic rings. The smallest absolute Gasteiger partial charge is 0.0944 e. The second kappa shape index (κ2) is 8.21. The Hall–Kier alpha value is -2.99. The number of nitrogens with zero attached hydrogens (tertiary/aromatic N) is 3. The summed E-state index contributed by atoms with van der Waals surface area (Å²) in [5.74, 6) is 0. The normalized spacial score (nSPS) is 10.8. The van der Waals surface area contributed by atoms with Gasteiger partial charge >= 0.3 is 0 Å². The summed E-state index contributed by atoms with van der Waals surface area (Å²) in [7, 11) is 8.13. The van der Waals surface area contributed by atoms with Gasteiger partial charge in [0.2, 0.25) is 0 Å². The van der Waals surface area contributed by atoms with Gasteiger partial charge in [-0.05, 0) is 54.0 Å². The molecule has 0 atom stereocenters. The summed E-state index contributed by atoms with van der Waals surface area (Å²) in [5.41, 5.74) is 6.37. The molecule has 0 radical (unpaired) electrons. The van der Waals surface area contributed by atoms with Crippen molar-refractivity contribution < 1.29 is 0 Å². The van der Waals surface area contributed by atoms with E-state index < -0.39 is 0 Å². The number of hydrogen-bond donors (Lipinski definition) is 0. The average molecular weight is 331 g/mol. The van der Waals surface area contributed by atoms with Crippen molar-refractivity contribution in [2.45, 2.75) is 6.92 Å². The highest BCUT2D eigenvalue weighted by Crippen LogP contribution is 2.27. The maximum absolute atomic E-state index is 9.03. The summed E-state index contributed by atoms with van der Waals surface area (Å²) in [6.45, 7) is 1.82. The van der Waals surface area contributed by atoms with E-state index in [1.807, 2.05) is 47.3 Å². The maximum Gasteiger partial charge on any atom is 0.0944 e. The molecule has 25 heavy (non-hydrogen) atoms. The van der Waals surface area contributed by atoms with Crippen molar-refractivity contribution in [3.63, 3.8) is 0 Å². The van der Waals surface area contributed by atoms with Crippen LogP contribution in [-0.2, 0) is 0 Å². The van der Waals surface area contributed by atoms with Gasteiger partial charge in [-0.25, -0.2) is 0 Å². The molecule has 0 aliphatic carbocycles. The van der Waals surface area contributed by atoms with E-state index in [1.165, 1.54) is 0 Å². The fourth-order valence-corrected chi connectivity index (χ4v) is 2.48. The molecule has 0 unspecified atom stereocenters. The van der Waals surface area contributed by atoms with Gasteiger partial charge in [0.1, 0.15) is 0 Å². The molecular weight excluding hydrogens is 306 g/mol. The van der Waals surface area contributed by atoms with Gasteiger partial charge in [-0.2, -0.15) is 5.26 Å². The average Bonchev–Trinajstić information content (AvgIpc) is 2.62. The Labute approximate surface area is 151 Å². The zero-order chi connectivity index (χ0) is 18.4. The van der Waals surface area contributed by atoms with Crippen LogP contribution in [0.15, 0.2) is 66.3 Å². The third-order valence-electron chi connectivity index (χ3n) is 4.07. The molecule has 0 bridgehead atoms. The van der Waals surface area contributed by atoms with Crippen molar-refractivity contribution in [2.24, 2.45) is 0 Å². The molecule has 0 spiro atoms. The minimum absolute atomic E-state index is 0.687.